The first-order valence-electron chi connectivity index (χ1n) is 20.4. The van der Waals surface area contributed by atoms with E-state index in [-0.39, 0.29) is 19.2 Å². The first-order chi connectivity index (χ1) is 28.3. The van der Waals surface area contributed by atoms with Crippen molar-refractivity contribution in [2.24, 2.45) is 0 Å². The summed E-state index contributed by atoms with van der Waals surface area (Å²) in [6.45, 7) is 5.01. The maximum absolute atomic E-state index is 12.6. The van der Waals surface area contributed by atoms with Gasteiger partial charge in [-0.2, -0.15) is 0 Å². The van der Waals surface area contributed by atoms with E-state index in [1.807, 2.05) is 30.3 Å². The number of benzene rings is 1. The van der Waals surface area contributed by atoms with Gasteiger partial charge in [0, 0.05) is 26.9 Å². The van der Waals surface area contributed by atoms with Crippen molar-refractivity contribution in [1.29, 1.82) is 0 Å². The zero-order chi connectivity index (χ0) is 43.1. The molecule has 19 nitrogen and oxygen atoms in total. The average Bonchev–Trinajstić information content (AvgIpc) is 3.20. The Kier molecular flexibility index (Phi) is 20.3. The van der Waals surface area contributed by atoms with Gasteiger partial charge in [0.05, 0.1) is 32.5 Å². The van der Waals surface area contributed by atoms with Gasteiger partial charge < -0.3 is 78.6 Å². The summed E-state index contributed by atoms with van der Waals surface area (Å²) >= 11 is 0. The van der Waals surface area contributed by atoms with Gasteiger partial charge in [-0.1, -0.05) is 56.0 Å². The molecule has 0 aliphatic carbocycles. The molecule has 3 aliphatic rings. The molecular weight excluding hydrogens is 782 g/mol. The molecule has 3 saturated heterocycles. The van der Waals surface area contributed by atoms with Crippen molar-refractivity contribution in [2.75, 3.05) is 26.4 Å². The number of esters is 2. The standard InChI is InChI=1S/C40H63NO18/c1-5-51-28(46)17-13-8-6-7-9-14-18-52-40-37(53-21-25-15-11-10-12-16-25)36(34(22(2)54-40)55-24(4)45)59-38-29(41-23(3)44)31(48)35(27(20-43)57-38)58-39-33(50)32(49)30(47)26(19-42)56-39/h10-12,15-16,22,26-27,29-40,42-43,47-50H,5-9,13-14,17-21H2,1-4H3,(H,41,44)/t22-,26+,27+,29+,30-,31+,32-,33+,34-,35+,36+,37+,38-,39-,40+/m0/s1. The molecule has 0 spiro atoms. The molecule has 0 bridgehead atoms. The van der Waals surface area contributed by atoms with E-state index in [2.05, 4.69) is 5.32 Å². The van der Waals surface area contributed by atoms with Crippen molar-refractivity contribution in [2.45, 2.75) is 171 Å². The first-order valence-corrected chi connectivity index (χ1v) is 20.4. The first kappa shape index (κ1) is 48.8. The molecule has 4 rings (SSSR count). The summed E-state index contributed by atoms with van der Waals surface area (Å²) in [5.41, 5.74) is 0.796. The number of amides is 1. The highest BCUT2D eigenvalue weighted by Gasteiger charge is 2.55. The number of hydrogen-bond donors (Lipinski definition) is 7. The number of unbranched alkanes of at least 4 members (excludes halogenated alkanes) is 5. The molecule has 0 radical (unpaired) electrons. The van der Waals surface area contributed by atoms with Crippen LogP contribution in [0.5, 0.6) is 0 Å². The van der Waals surface area contributed by atoms with Crippen LogP contribution in [0, 0.1) is 0 Å². The Balaban J connectivity index is 1.54. The molecule has 0 saturated carbocycles. The molecule has 15 atom stereocenters. The minimum Gasteiger partial charge on any atom is -0.466 e. The molecule has 0 unspecified atom stereocenters. The summed E-state index contributed by atoms with van der Waals surface area (Å²) in [4.78, 5) is 36.6. The quantitative estimate of drug-likeness (QED) is 0.0584. The Morgan fingerprint density at radius 1 is 0.695 bits per heavy atom. The lowest BCUT2D eigenvalue weighted by molar-refractivity contribution is -0.369. The number of hydrogen-bond acceptors (Lipinski definition) is 18. The number of carbonyl (C=O) groups excluding carboxylic acids is 3. The lowest BCUT2D eigenvalue weighted by Crippen LogP contribution is -2.69. The second-order valence-electron chi connectivity index (χ2n) is 14.9. The Morgan fingerprint density at radius 2 is 1.34 bits per heavy atom. The second-order valence-corrected chi connectivity index (χ2v) is 14.9. The van der Waals surface area contributed by atoms with Gasteiger partial charge in [-0.15, -0.1) is 0 Å². The van der Waals surface area contributed by atoms with Gasteiger partial charge in [0.25, 0.3) is 0 Å². The number of ether oxygens (including phenoxy) is 9. The van der Waals surface area contributed by atoms with Gasteiger partial charge in [-0.05, 0) is 32.3 Å². The number of aliphatic hydroxyl groups excluding tert-OH is 6. The van der Waals surface area contributed by atoms with E-state index in [1.165, 1.54) is 13.8 Å². The van der Waals surface area contributed by atoms with Gasteiger partial charge in [-0.25, -0.2) is 0 Å². The summed E-state index contributed by atoms with van der Waals surface area (Å²) < 4.78 is 53.7. The van der Waals surface area contributed by atoms with Crippen molar-refractivity contribution in [3.05, 3.63) is 35.9 Å². The van der Waals surface area contributed by atoms with Crippen molar-refractivity contribution in [1.82, 2.24) is 5.32 Å². The van der Waals surface area contributed by atoms with E-state index in [0.29, 0.717) is 19.4 Å². The monoisotopic (exact) mass is 845 g/mol. The maximum Gasteiger partial charge on any atom is 0.305 e. The van der Waals surface area contributed by atoms with E-state index < -0.39 is 117 Å². The molecule has 3 fully saturated rings. The van der Waals surface area contributed by atoms with Gasteiger partial charge in [0.2, 0.25) is 5.91 Å². The van der Waals surface area contributed by atoms with Gasteiger partial charge in [-0.3, -0.25) is 14.4 Å². The van der Waals surface area contributed by atoms with E-state index >= 15 is 0 Å². The molecule has 1 aromatic rings. The zero-order valence-corrected chi connectivity index (χ0v) is 34.1. The van der Waals surface area contributed by atoms with Crippen LogP contribution in [0.2, 0.25) is 0 Å². The SMILES string of the molecule is CCOC(=O)CCCCCCCCO[C@@H]1O[C@@H](C)[C@H](OC(C)=O)[C@@H](O[C@@H]2O[C@H](CO)[C@@H](O[C@@H]3O[C@H](CO)[C@H](O)[C@H](O)[C@H]3O)[C@H](O)[C@H]2NC(C)=O)[C@H]1OCc1ccccc1. The zero-order valence-electron chi connectivity index (χ0n) is 34.1. The van der Waals surface area contributed by atoms with Crippen molar-refractivity contribution < 1.29 is 87.7 Å². The normalized spacial score (nSPS) is 34.8. The minimum absolute atomic E-state index is 0.0547. The average molecular weight is 846 g/mol. The molecule has 19 heteroatoms. The van der Waals surface area contributed by atoms with E-state index in [9.17, 15) is 45.0 Å². The molecule has 3 aliphatic heterocycles. The van der Waals surface area contributed by atoms with Crippen LogP contribution in [0.1, 0.15) is 78.2 Å². The molecule has 0 aromatic heterocycles. The summed E-state index contributed by atoms with van der Waals surface area (Å²) in [6.07, 6.45) is -14.5. The van der Waals surface area contributed by atoms with Crippen molar-refractivity contribution in [3.8, 4) is 0 Å². The predicted octanol–water partition coefficient (Wildman–Crippen LogP) is -0.288. The number of aliphatic hydroxyl groups is 6. The van der Waals surface area contributed by atoms with Crippen molar-refractivity contribution >= 4 is 17.8 Å². The topological polar surface area (TPSA) is 268 Å². The van der Waals surface area contributed by atoms with Gasteiger partial charge in [0.15, 0.2) is 25.0 Å². The second kappa shape index (κ2) is 24.5. The molecular formula is C40H63NO18. The Hall–Kier alpha value is -2.89. The Morgan fingerprint density at radius 3 is 1.98 bits per heavy atom. The Labute approximate surface area is 344 Å². The van der Waals surface area contributed by atoms with Crippen molar-refractivity contribution in [3.63, 3.8) is 0 Å². The van der Waals surface area contributed by atoms with Gasteiger partial charge >= 0.3 is 11.9 Å². The van der Waals surface area contributed by atoms with E-state index in [1.54, 1.807) is 13.8 Å². The van der Waals surface area contributed by atoms with Crippen LogP contribution in [0.3, 0.4) is 0 Å². The fourth-order valence-electron chi connectivity index (χ4n) is 7.30. The third-order valence-corrected chi connectivity index (χ3v) is 10.3. The van der Waals surface area contributed by atoms with Crippen LogP contribution < -0.4 is 5.32 Å². The Bertz CT molecular complexity index is 1410. The van der Waals surface area contributed by atoms with E-state index in [0.717, 1.165) is 37.7 Å². The fourth-order valence-corrected chi connectivity index (χ4v) is 7.30. The highest BCUT2D eigenvalue weighted by molar-refractivity contribution is 5.73. The van der Waals surface area contributed by atoms with Crippen LogP contribution in [0.25, 0.3) is 0 Å². The third kappa shape index (κ3) is 14.1. The minimum atomic E-state index is -1.84. The highest BCUT2D eigenvalue weighted by atomic mass is 16.8. The summed E-state index contributed by atoms with van der Waals surface area (Å²) in [7, 11) is 0. The summed E-state index contributed by atoms with van der Waals surface area (Å²) in [5, 5.41) is 65.7. The molecule has 1 aromatic carbocycles. The summed E-state index contributed by atoms with van der Waals surface area (Å²) in [5.74, 6) is -1.47. The molecule has 7 N–H and O–H groups in total. The number of nitrogens with one attached hydrogen (secondary N) is 1. The van der Waals surface area contributed by atoms with Gasteiger partial charge in [0.1, 0.15) is 61.0 Å². The summed E-state index contributed by atoms with van der Waals surface area (Å²) in [6, 6.07) is 7.81. The van der Waals surface area contributed by atoms with Crippen LogP contribution in [-0.4, -0.2) is 167 Å². The smallest absolute Gasteiger partial charge is 0.305 e. The maximum atomic E-state index is 12.6. The fraction of sp³-hybridized carbons (Fsp3) is 0.775. The van der Waals surface area contributed by atoms with E-state index in [4.69, 9.17) is 42.6 Å². The number of carbonyl (C=O) groups is 3. The van der Waals surface area contributed by atoms with Crippen LogP contribution in [-0.2, 0) is 63.6 Å². The molecule has 59 heavy (non-hydrogen) atoms. The lowest BCUT2D eigenvalue weighted by atomic mass is 9.94. The molecule has 1 amide bonds. The molecule has 3 heterocycles. The number of rotatable bonds is 22. The predicted molar refractivity (Wildman–Crippen MR) is 203 cm³/mol. The largest absolute Gasteiger partial charge is 0.466 e. The van der Waals surface area contributed by atoms with Crippen LogP contribution >= 0.6 is 0 Å². The van der Waals surface area contributed by atoms with Crippen LogP contribution in [0.4, 0.5) is 0 Å². The molecule has 336 valence electrons. The third-order valence-electron chi connectivity index (χ3n) is 10.3. The van der Waals surface area contributed by atoms with Crippen LogP contribution in [0.15, 0.2) is 30.3 Å². The highest BCUT2D eigenvalue weighted by Crippen LogP contribution is 2.35. The lowest BCUT2D eigenvalue weighted by Gasteiger charge is -2.50.